The van der Waals surface area contributed by atoms with Crippen molar-refractivity contribution in [3.05, 3.63) is 63.7 Å². The summed E-state index contributed by atoms with van der Waals surface area (Å²) in [5.74, 6) is 1.47. The van der Waals surface area contributed by atoms with Gasteiger partial charge in [-0.1, -0.05) is 30.3 Å². The lowest BCUT2D eigenvalue weighted by atomic mass is 10.1. The SMILES string of the molecule is ClCC[C@H](Oc1ccc(I)cc1)c1ccccc1. The summed E-state index contributed by atoms with van der Waals surface area (Å²) in [6.07, 6.45) is 0.821. The Morgan fingerprint density at radius 3 is 2.28 bits per heavy atom. The maximum Gasteiger partial charge on any atom is 0.125 e. The second kappa shape index (κ2) is 7.00. The molecule has 1 atom stereocenters. The summed E-state index contributed by atoms with van der Waals surface area (Å²) in [5.41, 5.74) is 1.16. The van der Waals surface area contributed by atoms with Crippen molar-refractivity contribution in [3.63, 3.8) is 0 Å². The topological polar surface area (TPSA) is 9.23 Å². The molecule has 0 aromatic heterocycles. The Kier molecular flexibility index (Phi) is 5.32. The molecule has 0 heterocycles. The lowest BCUT2D eigenvalue weighted by Crippen LogP contribution is -2.08. The molecule has 0 fully saturated rings. The molecular formula is C15H14ClIO. The van der Waals surface area contributed by atoms with Gasteiger partial charge in [0.25, 0.3) is 0 Å². The zero-order valence-electron chi connectivity index (χ0n) is 9.85. The average molecular weight is 373 g/mol. The van der Waals surface area contributed by atoms with Gasteiger partial charge in [0.15, 0.2) is 0 Å². The van der Waals surface area contributed by atoms with Crippen LogP contribution in [0.15, 0.2) is 54.6 Å². The minimum atomic E-state index is 0.0174. The van der Waals surface area contributed by atoms with E-state index in [1.165, 1.54) is 3.57 Å². The zero-order chi connectivity index (χ0) is 12.8. The first-order valence-electron chi connectivity index (χ1n) is 5.83. The summed E-state index contributed by atoms with van der Waals surface area (Å²) in [4.78, 5) is 0. The first kappa shape index (κ1) is 13.7. The molecule has 0 aliphatic heterocycles. The van der Waals surface area contributed by atoms with Crippen molar-refractivity contribution in [1.29, 1.82) is 0 Å². The van der Waals surface area contributed by atoms with Crippen molar-refractivity contribution in [2.24, 2.45) is 0 Å². The van der Waals surface area contributed by atoms with Crippen LogP contribution >= 0.6 is 34.2 Å². The Hall–Kier alpha value is -0.740. The minimum Gasteiger partial charge on any atom is -0.486 e. The van der Waals surface area contributed by atoms with Crippen molar-refractivity contribution >= 4 is 34.2 Å². The van der Waals surface area contributed by atoms with E-state index in [1.54, 1.807) is 0 Å². The number of hydrogen-bond donors (Lipinski definition) is 0. The van der Waals surface area contributed by atoms with Crippen LogP contribution in [0.5, 0.6) is 5.75 Å². The van der Waals surface area contributed by atoms with Gasteiger partial charge in [-0.25, -0.2) is 0 Å². The molecule has 94 valence electrons. The lowest BCUT2D eigenvalue weighted by molar-refractivity contribution is 0.202. The third kappa shape index (κ3) is 3.89. The number of hydrogen-bond acceptors (Lipinski definition) is 1. The van der Waals surface area contributed by atoms with E-state index in [-0.39, 0.29) is 6.10 Å². The molecule has 18 heavy (non-hydrogen) atoms. The molecule has 0 aliphatic carbocycles. The van der Waals surface area contributed by atoms with E-state index < -0.39 is 0 Å². The van der Waals surface area contributed by atoms with Crippen LogP contribution in [0.25, 0.3) is 0 Å². The highest BCUT2D eigenvalue weighted by Gasteiger charge is 2.12. The monoisotopic (exact) mass is 372 g/mol. The molecule has 2 aromatic carbocycles. The number of ether oxygens (including phenoxy) is 1. The van der Waals surface area contributed by atoms with Crippen LogP contribution in [0.1, 0.15) is 18.1 Å². The molecule has 2 aromatic rings. The largest absolute Gasteiger partial charge is 0.486 e. The highest BCUT2D eigenvalue weighted by Crippen LogP contribution is 2.25. The van der Waals surface area contributed by atoms with Crippen LogP contribution in [-0.4, -0.2) is 5.88 Å². The zero-order valence-corrected chi connectivity index (χ0v) is 12.8. The van der Waals surface area contributed by atoms with Crippen molar-refractivity contribution in [1.82, 2.24) is 0 Å². The van der Waals surface area contributed by atoms with Gasteiger partial charge in [-0.3, -0.25) is 0 Å². The molecule has 1 nitrogen and oxygen atoms in total. The molecule has 3 heteroatoms. The lowest BCUT2D eigenvalue weighted by Gasteiger charge is -2.18. The molecule has 0 aliphatic rings. The van der Waals surface area contributed by atoms with Crippen molar-refractivity contribution < 1.29 is 4.74 Å². The summed E-state index contributed by atoms with van der Waals surface area (Å²) in [6.45, 7) is 0. The van der Waals surface area contributed by atoms with Gasteiger partial charge in [0, 0.05) is 15.9 Å². The maximum absolute atomic E-state index is 6.01. The Bertz CT molecular complexity index is 470. The molecule has 0 radical (unpaired) electrons. The quantitative estimate of drug-likeness (QED) is 0.528. The molecule has 0 unspecified atom stereocenters. The van der Waals surface area contributed by atoms with E-state index in [2.05, 4.69) is 34.7 Å². The molecule has 0 bridgehead atoms. The number of rotatable bonds is 5. The summed E-state index contributed by atoms with van der Waals surface area (Å²) >= 11 is 8.14. The fourth-order valence-electron chi connectivity index (χ4n) is 1.74. The third-order valence-corrected chi connectivity index (χ3v) is 3.57. The van der Waals surface area contributed by atoms with Gasteiger partial charge in [-0.2, -0.15) is 0 Å². The summed E-state index contributed by atoms with van der Waals surface area (Å²) in [6, 6.07) is 18.3. The standard InChI is InChI=1S/C15H14ClIO/c16-11-10-15(12-4-2-1-3-5-12)18-14-8-6-13(17)7-9-14/h1-9,15H,10-11H2/t15-/m0/s1. The Morgan fingerprint density at radius 2 is 1.67 bits per heavy atom. The van der Waals surface area contributed by atoms with Crippen LogP contribution in [-0.2, 0) is 0 Å². The molecule has 0 saturated heterocycles. The Morgan fingerprint density at radius 1 is 1.00 bits per heavy atom. The van der Waals surface area contributed by atoms with Crippen LogP contribution in [0.2, 0.25) is 0 Å². The maximum atomic E-state index is 6.01. The van der Waals surface area contributed by atoms with Crippen LogP contribution < -0.4 is 4.74 Å². The van der Waals surface area contributed by atoms with Crippen LogP contribution in [0.3, 0.4) is 0 Å². The highest BCUT2D eigenvalue weighted by molar-refractivity contribution is 14.1. The van der Waals surface area contributed by atoms with Gasteiger partial charge in [-0.05, 0) is 52.4 Å². The van der Waals surface area contributed by atoms with Crippen molar-refractivity contribution in [2.45, 2.75) is 12.5 Å². The first-order valence-corrected chi connectivity index (χ1v) is 7.44. The normalized spacial score (nSPS) is 12.1. The third-order valence-electron chi connectivity index (χ3n) is 2.63. The van der Waals surface area contributed by atoms with Crippen LogP contribution in [0.4, 0.5) is 0 Å². The fraction of sp³-hybridized carbons (Fsp3) is 0.200. The molecule has 2 rings (SSSR count). The second-order valence-corrected chi connectivity index (χ2v) is 5.57. The predicted octanol–water partition coefficient (Wildman–Crippen LogP) is 5.04. The van der Waals surface area contributed by atoms with E-state index in [4.69, 9.17) is 16.3 Å². The van der Waals surface area contributed by atoms with Gasteiger partial charge in [-0.15, -0.1) is 11.6 Å². The Balaban J connectivity index is 2.14. The Labute approximate surface area is 126 Å². The van der Waals surface area contributed by atoms with Gasteiger partial charge in [0.1, 0.15) is 11.9 Å². The molecular weight excluding hydrogens is 359 g/mol. The van der Waals surface area contributed by atoms with E-state index in [0.29, 0.717) is 5.88 Å². The van der Waals surface area contributed by atoms with Gasteiger partial charge in [0.05, 0.1) is 0 Å². The molecule has 0 amide bonds. The van der Waals surface area contributed by atoms with Gasteiger partial charge < -0.3 is 4.74 Å². The molecule has 0 spiro atoms. The van der Waals surface area contributed by atoms with Crippen molar-refractivity contribution in [3.8, 4) is 5.75 Å². The van der Waals surface area contributed by atoms with E-state index >= 15 is 0 Å². The summed E-state index contributed by atoms with van der Waals surface area (Å²) < 4.78 is 7.21. The summed E-state index contributed by atoms with van der Waals surface area (Å²) in [5, 5.41) is 0. The van der Waals surface area contributed by atoms with Crippen LogP contribution in [0, 0.1) is 3.57 Å². The highest BCUT2D eigenvalue weighted by atomic mass is 127. The van der Waals surface area contributed by atoms with E-state index in [0.717, 1.165) is 17.7 Å². The molecule has 0 saturated carbocycles. The van der Waals surface area contributed by atoms with E-state index in [1.807, 2.05) is 42.5 Å². The summed E-state index contributed by atoms with van der Waals surface area (Å²) in [7, 11) is 0. The van der Waals surface area contributed by atoms with Crippen molar-refractivity contribution in [2.75, 3.05) is 5.88 Å². The average Bonchev–Trinajstić information content (AvgIpc) is 2.42. The smallest absolute Gasteiger partial charge is 0.125 e. The number of alkyl halides is 1. The van der Waals surface area contributed by atoms with E-state index in [9.17, 15) is 0 Å². The minimum absolute atomic E-state index is 0.0174. The number of halogens is 2. The number of benzene rings is 2. The molecule has 0 N–H and O–H groups in total. The van der Waals surface area contributed by atoms with Gasteiger partial charge >= 0.3 is 0 Å². The van der Waals surface area contributed by atoms with Gasteiger partial charge in [0.2, 0.25) is 0 Å². The predicted molar refractivity (Wildman–Crippen MR) is 84.3 cm³/mol. The fourth-order valence-corrected chi connectivity index (χ4v) is 2.30. The second-order valence-electron chi connectivity index (χ2n) is 3.95. The first-order chi connectivity index (χ1) is 8.79.